The Labute approximate surface area is 134 Å². The SMILES string of the molecule is CNc1ccc(Cc2ccc(NC(=O)/C=C/C(=O)O)cc2)cc1. The number of benzene rings is 2. The maximum absolute atomic E-state index is 11.5. The van der Waals surface area contributed by atoms with Crippen molar-refractivity contribution in [3.63, 3.8) is 0 Å². The van der Waals surface area contributed by atoms with Crippen molar-refractivity contribution in [2.24, 2.45) is 0 Å². The predicted molar refractivity (Wildman–Crippen MR) is 90.6 cm³/mol. The van der Waals surface area contributed by atoms with E-state index in [9.17, 15) is 9.59 Å². The summed E-state index contributed by atoms with van der Waals surface area (Å²) in [5.41, 5.74) is 4.02. The molecule has 0 aromatic heterocycles. The Hall–Kier alpha value is -3.08. The Bertz CT molecular complexity index is 704. The van der Waals surface area contributed by atoms with Gasteiger partial charge >= 0.3 is 5.97 Å². The van der Waals surface area contributed by atoms with Crippen LogP contribution in [0.15, 0.2) is 60.7 Å². The van der Waals surface area contributed by atoms with Crippen LogP contribution in [-0.2, 0) is 16.0 Å². The number of anilines is 2. The molecule has 2 aromatic carbocycles. The van der Waals surface area contributed by atoms with Crippen LogP contribution in [-0.4, -0.2) is 24.0 Å². The zero-order valence-electron chi connectivity index (χ0n) is 12.7. The first-order valence-electron chi connectivity index (χ1n) is 7.14. The number of amides is 1. The Morgan fingerprint density at radius 3 is 1.91 bits per heavy atom. The molecule has 118 valence electrons. The van der Waals surface area contributed by atoms with Crippen LogP contribution < -0.4 is 10.6 Å². The van der Waals surface area contributed by atoms with Crippen LogP contribution in [0, 0.1) is 0 Å². The maximum Gasteiger partial charge on any atom is 0.328 e. The summed E-state index contributed by atoms with van der Waals surface area (Å²) in [7, 11) is 1.88. The first-order valence-corrected chi connectivity index (χ1v) is 7.14. The van der Waals surface area contributed by atoms with Gasteiger partial charge in [-0.05, 0) is 41.8 Å². The molecule has 0 fully saturated rings. The Kier molecular flexibility index (Phi) is 5.52. The highest BCUT2D eigenvalue weighted by Crippen LogP contribution is 2.15. The van der Waals surface area contributed by atoms with Crippen molar-refractivity contribution >= 4 is 23.3 Å². The van der Waals surface area contributed by atoms with E-state index in [4.69, 9.17) is 5.11 Å². The number of carboxylic acids is 1. The van der Waals surface area contributed by atoms with Crippen LogP contribution in [0.1, 0.15) is 11.1 Å². The molecule has 0 heterocycles. The number of hydrogen-bond acceptors (Lipinski definition) is 3. The second-order valence-electron chi connectivity index (χ2n) is 4.98. The number of hydrogen-bond donors (Lipinski definition) is 3. The molecule has 0 radical (unpaired) electrons. The molecule has 5 nitrogen and oxygen atoms in total. The van der Waals surface area contributed by atoms with Crippen LogP contribution in [0.25, 0.3) is 0 Å². The van der Waals surface area contributed by atoms with E-state index in [1.54, 1.807) is 12.1 Å². The summed E-state index contributed by atoms with van der Waals surface area (Å²) in [5.74, 6) is -1.62. The van der Waals surface area contributed by atoms with E-state index in [2.05, 4.69) is 22.8 Å². The van der Waals surface area contributed by atoms with Crippen LogP contribution in [0.4, 0.5) is 11.4 Å². The third kappa shape index (κ3) is 5.32. The number of aliphatic carboxylic acids is 1. The van der Waals surface area contributed by atoms with E-state index in [0.29, 0.717) is 5.69 Å². The molecule has 3 N–H and O–H groups in total. The topological polar surface area (TPSA) is 78.4 Å². The molecule has 0 aliphatic heterocycles. The highest BCUT2D eigenvalue weighted by molar-refractivity contribution is 6.02. The number of carbonyl (C=O) groups is 2. The van der Waals surface area contributed by atoms with E-state index in [0.717, 1.165) is 29.8 Å². The van der Waals surface area contributed by atoms with Gasteiger partial charge in [0.05, 0.1) is 0 Å². The maximum atomic E-state index is 11.5. The van der Waals surface area contributed by atoms with Crippen molar-refractivity contribution < 1.29 is 14.7 Å². The van der Waals surface area contributed by atoms with Crippen LogP contribution in [0.3, 0.4) is 0 Å². The van der Waals surface area contributed by atoms with E-state index in [-0.39, 0.29) is 0 Å². The number of carboxylic acid groups (broad SMARTS) is 1. The second kappa shape index (κ2) is 7.79. The molecule has 0 aliphatic rings. The fourth-order valence-corrected chi connectivity index (χ4v) is 2.06. The second-order valence-corrected chi connectivity index (χ2v) is 4.98. The highest BCUT2D eigenvalue weighted by atomic mass is 16.4. The first-order chi connectivity index (χ1) is 11.1. The fourth-order valence-electron chi connectivity index (χ4n) is 2.06. The minimum atomic E-state index is -1.15. The Morgan fingerprint density at radius 2 is 1.43 bits per heavy atom. The lowest BCUT2D eigenvalue weighted by Gasteiger charge is -2.06. The van der Waals surface area contributed by atoms with Crippen molar-refractivity contribution in [3.05, 3.63) is 71.8 Å². The zero-order chi connectivity index (χ0) is 16.7. The van der Waals surface area contributed by atoms with Gasteiger partial charge < -0.3 is 15.7 Å². The summed E-state index contributed by atoms with van der Waals surface area (Å²) in [5, 5.41) is 14.2. The van der Waals surface area contributed by atoms with Gasteiger partial charge in [-0.3, -0.25) is 4.79 Å². The van der Waals surface area contributed by atoms with E-state index in [1.165, 1.54) is 5.56 Å². The fraction of sp³-hybridized carbons (Fsp3) is 0.111. The lowest BCUT2D eigenvalue weighted by molar-refractivity contribution is -0.131. The normalized spacial score (nSPS) is 10.5. The quantitative estimate of drug-likeness (QED) is 0.717. The molecular weight excluding hydrogens is 292 g/mol. The van der Waals surface area contributed by atoms with Crippen molar-refractivity contribution in [2.75, 3.05) is 17.7 Å². The summed E-state index contributed by atoms with van der Waals surface area (Å²) in [6, 6.07) is 15.6. The first kappa shape index (κ1) is 16.3. The van der Waals surface area contributed by atoms with Gasteiger partial charge in [-0.15, -0.1) is 0 Å². The van der Waals surface area contributed by atoms with Crippen molar-refractivity contribution in [1.29, 1.82) is 0 Å². The van der Waals surface area contributed by atoms with Crippen LogP contribution in [0.2, 0.25) is 0 Å². The van der Waals surface area contributed by atoms with Gasteiger partial charge in [0.2, 0.25) is 5.91 Å². The third-order valence-electron chi connectivity index (χ3n) is 3.25. The average Bonchev–Trinajstić information content (AvgIpc) is 2.55. The molecule has 0 saturated heterocycles. The molecule has 0 spiro atoms. The summed E-state index contributed by atoms with van der Waals surface area (Å²) in [4.78, 5) is 21.8. The van der Waals surface area contributed by atoms with Gasteiger partial charge in [0.15, 0.2) is 0 Å². The van der Waals surface area contributed by atoms with Crippen molar-refractivity contribution in [2.45, 2.75) is 6.42 Å². The van der Waals surface area contributed by atoms with Crippen LogP contribution >= 0.6 is 0 Å². The van der Waals surface area contributed by atoms with Gasteiger partial charge in [-0.1, -0.05) is 24.3 Å². The molecule has 0 aliphatic carbocycles. The van der Waals surface area contributed by atoms with Crippen molar-refractivity contribution in [1.82, 2.24) is 0 Å². The van der Waals surface area contributed by atoms with E-state index >= 15 is 0 Å². The molecule has 0 unspecified atom stereocenters. The summed E-state index contributed by atoms with van der Waals surface area (Å²) >= 11 is 0. The van der Waals surface area contributed by atoms with Gasteiger partial charge in [-0.25, -0.2) is 4.79 Å². The standard InChI is InChI=1S/C18H18N2O3/c1-19-15-6-2-13(3-7-15)12-14-4-8-16(9-5-14)20-17(21)10-11-18(22)23/h2-11,19H,12H2,1H3,(H,20,21)(H,22,23)/b11-10+. The smallest absolute Gasteiger partial charge is 0.328 e. The molecule has 0 atom stereocenters. The van der Waals surface area contributed by atoms with E-state index in [1.807, 2.05) is 31.3 Å². The van der Waals surface area contributed by atoms with E-state index < -0.39 is 11.9 Å². The van der Waals surface area contributed by atoms with Gasteiger partial charge in [0.25, 0.3) is 0 Å². The molecule has 2 rings (SSSR count). The Balaban J connectivity index is 1.96. The number of carbonyl (C=O) groups excluding carboxylic acids is 1. The summed E-state index contributed by atoms with van der Waals surface area (Å²) in [6.45, 7) is 0. The molecule has 0 bridgehead atoms. The molecule has 1 amide bonds. The molecule has 2 aromatic rings. The molecular formula is C18H18N2O3. The zero-order valence-corrected chi connectivity index (χ0v) is 12.7. The number of rotatable bonds is 6. The minimum Gasteiger partial charge on any atom is -0.478 e. The lowest BCUT2D eigenvalue weighted by atomic mass is 10.0. The summed E-state index contributed by atoms with van der Waals surface area (Å²) in [6.07, 6.45) is 2.59. The van der Waals surface area contributed by atoms with Crippen LogP contribution in [0.5, 0.6) is 0 Å². The molecule has 23 heavy (non-hydrogen) atoms. The minimum absolute atomic E-state index is 0.470. The van der Waals surface area contributed by atoms with Crippen molar-refractivity contribution in [3.8, 4) is 0 Å². The lowest BCUT2D eigenvalue weighted by Crippen LogP contribution is -2.08. The molecule has 5 heteroatoms. The highest BCUT2D eigenvalue weighted by Gasteiger charge is 2.01. The van der Waals surface area contributed by atoms with Gasteiger partial charge in [0.1, 0.15) is 0 Å². The largest absolute Gasteiger partial charge is 0.478 e. The third-order valence-corrected chi connectivity index (χ3v) is 3.25. The summed E-state index contributed by atoms with van der Waals surface area (Å²) < 4.78 is 0. The molecule has 0 saturated carbocycles. The average molecular weight is 310 g/mol. The van der Waals surface area contributed by atoms with Gasteiger partial charge in [-0.2, -0.15) is 0 Å². The monoisotopic (exact) mass is 310 g/mol. The van der Waals surface area contributed by atoms with Gasteiger partial charge in [0, 0.05) is 30.6 Å². The predicted octanol–water partition coefficient (Wildman–Crippen LogP) is 2.90. The number of nitrogens with one attached hydrogen (secondary N) is 2. The Morgan fingerprint density at radius 1 is 0.913 bits per heavy atom.